The number of aryl methyl sites for hydroxylation is 1. The first-order valence-electron chi connectivity index (χ1n) is 6.45. The molecule has 18 heavy (non-hydrogen) atoms. The zero-order valence-corrected chi connectivity index (χ0v) is 10.3. The number of hydrogen-bond acceptors (Lipinski definition) is 1. The van der Waals surface area contributed by atoms with Gasteiger partial charge in [0.1, 0.15) is 0 Å². The lowest BCUT2D eigenvalue weighted by atomic mass is 10.0. The van der Waals surface area contributed by atoms with Gasteiger partial charge in [-0.25, -0.2) is 0 Å². The van der Waals surface area contributed by atoms with E-state index in [2.05, 4.69) is 5.32 Å². The molecule has 0 bridgehead atoms. The number of benzene rings is 1. The minimum Gasteiger partial charge on any atom is -0.314 e. The van der Waals surface area contributed by atoms with Crippen LogP contribution < -0.4 is 5.32 Å². The van der Waals surface area contributed by atoms with Gasteiger partial charge in [-0.15, -0.1) is 0 Å². The van der Waals surface area contributed by atoms with Gasteiger partial charge >= 0.3 is 6.18 Å². The van der Waals surface area contributed by atoms with Gasteiger partial charge in [0.15, 0.2) is 0 Å². The summed E-state index contributed by atoms with van der Waals surface area (Å²) in [5, 5.41) is 3.42. The van der Waals surface area contributed by atoms with Gasteiger partial charge in [-0.2, -0.15) is 13.2 Å². The normalized spacial score (nSPS) is 20.3. The molecule has 0 aromatic heterocycles. The summed E-state index contributed by atoms with van der Waals surface area (Å²) in [6.45, 7) is 1.10. The molecule has 1 heterocycles. The van der Waals surface area contributed by atoms with E-state index in [1.807, 2.05) is 0 Å². The zero-order chi connectivity index (χ0) is 13.0. The highest BCUT2D eigenvalue weighted by Crippen LogP contribution is 2.29. The number of rotatable bonds is 4. The molecule has 0 radical (unpaired) electrons. The fraction of sp³-hybridized carbons (Fsp3) is 0.571. The van der Waals surface area contributed by atoms with Crippen molar-refractivity contribution in [3.63, 3.8) is 0 Å². The fourth-order valence-corrected chi connectivity index (χ4v) is 2.42. The summed E-state index contributed by atoms with van der Waals surface area (Å²) in [4.78, 5) is 0. The molecule has 2 rings (SSSR count). The van der Waals surface area contributed by atoms with Gasteiger partial charge in [-0.3, -0.25) is 0 Å². The summed E-state index contributed by atoms with van der Waals surface area (Å²) in [5.74, 6) is 0. The lowest BCUT2D eigenvalue weighted by molar-refractivity contribution is -0.137. The van der Waals surface area contributed by atoms with E-state index in [1.54, 1.807) is 12.1 Å². The minimum absolute atomic E-state index is 0.566. The van der Waals surface area contributed by atoms with Crippen LogP contribution in [0.2, 0.25) is 0 Å². The Balaban J connectivity index is 1.79. The van der Waals surface area contributed by atoms with Gasteiger partial charge in [-0.1, -0.05) is 12.1 Å². The first-order valence-corrected chi connectivity index (χ1v) is 6.45. The second kappa shape index (κ2) is 5.74. The maximum atomic E-state index is 12.4. The van der Waals surface area contributed by atoms with E-state index >= 15 is 0 Å². The van der Waals surface area contributed by atoms with Gasteiger partial charge in [0.05, 0.1) is 5.56 Å². The van der Waals surface area contributed by atoms with Crippen molar-refractivity contribution in [2.75, 3.05) is 6.54 Å². The molecule has 100 valence electrons. The van der Waals surface area contributed by atoms with Gasteiger partial charge in [0, 0.05) is 6.04 Å². The van der Waals surface area contributed by atoms with Crippen LogP contribution in [0.15, 0.2) is 24.3 Å². The van der Waals surface area contributed by atoms with Crippen molar-refractivity contribution in [2.45, 2.75) is 44.3 Å². The van der Waals surface area contributed by atoms with Crippen molar-refractivity contribution in [1.29, 1.82) is 0 Å². The Labute approximate surface area is 105 Å². The van der Waals surface area contributed by atoms with Crippen LogP contribution in [-0.2, 0) is 12.6 Å². The number of halogens is 3. The fourth-order valence-electron chi connectivity index (χ4n) is 2.42. The van der Waals surface area contributed by atoms with Crippen LogP contribution in [0.25, 0.3) is 0 Å². The van der Waals surface area contributed by atoms with Crippen LogP contribution in [-0.4, -0.2) is 12.6 Å². The molecule has 0 spiro atoms. The Morgan fingerprint density at radius 3 is 2.44 bits per heavy atom. The summed E-state index contributed by atoms with van der Waals surface area (Å²) in [5.41, 5.74) is 0.421. The molecule has 1 saturated heterocycles. The molecule has 1 N–H and O–H groups in total. The standard InChI is InChI=1S/C14H18F3N/c15-14(16,17)12-8-6-11(7-9-12)3-1-4-13-5-2-10-18-13/h6-9,13,18H,1-5,10H2. The third-order valence-corrected chi connectivity index (χ3v) is 3.46. The number of nitrogens with one attached hydrogen (secondary N) is 1. The molecule has 1 aromatic carbocycles. The van der Waals surface area contributed by atoms with Crippen LogP contribution in [0.3, 0.4) is 0 Å². The zero-order valence-electron chi connectivity index (χ0n) is 10.3. The highest BCUT2D eigenvalue weighted by Gasteiger charge is 2.29. The van der Waals surface area contributed by atoms with Crippen LogP contribution in [0.4, 0.5) is 13.2 Å². The van der Waals surface area contributed by atoms with E-state index in [1.165, 1.54) is 25.0 Å². The van der Waals surface area contributed by atoms with Crippen molar-refractivity contribution < 1.29 is 13.2 Å². The summed E-state index contributed by atoms with van der Waals surface area (Å²) < 4.78 is 37.1. The SMILES string of the molecule is FC(F)(F)c1ccc(CCCC2CCCN2)cc1. The highest BCUT2D eigenvalue weighted by atomic mass is 19.4. The maximum absolute atomic E-state index is 12.4. The summed E-state index contributed by atoms with van der Waals surface area (Å²) in [6.07, 6.45) is 1.24. The molecule has 1 unspecified atom stereocenters. The monoisotopic (exact) mass is 257 g/mol. The number of hydrogen-bond donors (Lipinski definition) is 1. The highest BCUT2D eigenvalue weighted by molar-refractivity contribution is 5.24. The quantitative estimate of drug-likeness (QED) is 0.865. The third-order valence-electron chi connectivity index (χ3n) is 3.46. The Morgan fingerprint density at radius 1 is 1.17 bits per heavy atom. The molecular weight excluding hydrogens is 239 g/mol. The molecule has 0 aliphatic carbocycles. The van der Waals surface area contributed by atoms with Crippen molar-refractivity contribution in [3.05, 3.63) is 35.4 Å². The van der Waals surface area contributed by atoms with E-state index in [0.29, 0.717) is 6.04 Å². The van der Waals surface area contributed by atoms with Crippen molar-refractivity contribution in [2.24, 2.45) is 0 Å². The maximum Gasteiger partial charge on any atom is 0.416 e. The van der Waals surface area contributed by atoms with Crippen LogP contribution in [0, 0.1) is 0 Å². The average Bonchev–Trinajstić information content (AvgIpc) is 2.82. The Hall–Kier alpha value is -1.03. The molecule has 1 aliphatic heterocycles. The predicted octanol–water partition coefficient (Wildman–Crippen LogP) is 3.78. The van der Waals surface area contributed by atoms with Gasteiger partial charge in [-0.05, 0) is 56.3 Å². The van der Waals surface area contributed by atoms with Crippen LogP contribution in [0.5, 0.6) is 0 Å². The second-order valence-corrected chi connectivity index (χ2v) is 4.88. The molecule has 1 nitrogen and oxygen atoms in total. The van der Waals surface area contributed by atoms with Crippen molar-refractivity contribution in [3.8, 4) is 0 Å². The van der Waals surface area contributed by atoms with E-state index in [9.17, 15) is 13.2 Å². The number of alkyl halides is 3. The van der Waals surface area contributed by atoms with Gasteiger partial charge < -0.3 is 5.32 Å². The van der Waals surface area contributed by atoms with Gasteiger partial charge in [0.2, 0.25) is 0 Å². The molecule has 1 atom stereocenters. The van der Waals surface area contributed by atoms with Crippen molar-refractivity contribution in [1.82, 2.24) is 5.32 Å². The van der Waals surface area contributed by atoms with E-state index < -0.39 is 11.7 Å². The summed E-state index contributed by atoms with van der Waals surface area (Å²) in [6, 6.07) is 6.13. The van der Waals surface area contributed by atoms with Gasteiger partial charge in [0.25, 0.3) is 0 Å². The topological polar surface area (TPSA) is 12.0 Å². The summed E-state index contributed by atoms with van der Waals surface area (Å²) in [7, 11) is 0. The van der Waals surface area contributed by atoms with E-state index in [4.69, 9.17) is 0 Å². The third kappa shape index (κ3) is 3.73. The molecule has 0 amide bonds. The lowest BCUT2D eigenvalue weighted by Gasteiger charge is -2.10. The molecule has 4 heteroatoms. The lowest BCUT2D eigenvalue weighted by Crippen LogP contribution is -2.21. The van der Waals surface area contributed by atoms with Crippen LogP contribution >= 0.6 is 0 Å². The molecule has 1 aliphatic rings. The first kappa shape index (κ1) is 13.4. The predicted molar refractivity (Wildman–Crippen MR) is 65.4 cm³/mol. The Bertz CT molecular complexity index is 364. The molecular formula is C14H18F3N. The molecule has 0 saturated carbocycles. The van der Waals surface area contributed by atoms with E-state index in [-0.39, 0.29) is 0 Å². The van der Waals surface area contributed by atoms with E-state index in [0.717, 1.165) is 31.4 Å². The van der Waals surface area contributed by atoms with Crippen molar-refractivity contribution >= 4 is 0 Å². The average molecular weight is 257 g/mol. The smallest absolute Gasteiger partial charge is 0.314 e. The summed E-state index contributed by atoms with van der Waals surface area (Å²) >= 11 is 0. The van der Waals surface area contributed by atoms with Crippen LogP contribution in [0.1, 0.15) is 36.8 Å². The first-order chi connectivity index (χ1) is 8.55. The molecule has 1 fully saturated rings. The Kier molecular flexibility index (Phi) is 4.27. The Morgan fingerprint density at radius 2 is 1.89 bits per heavy atom. The minimum atomic E-state index is -4.23. The molecule has 1 aromatic rings. The largest absolute Gasteiger partial charge is 0.416 e. The second-order valence-electron chi connectivity index (χ2n) is 4.88.